The topological polar surface area (TPSA) is 35.2 Å². The van der Waals surface area contributed by atoms with Crippen molar-refractivity contribution in [1.29, 1.82) is 0 Å². The molecular weight excluding hydrogens is 258 g/mol. The van der Waals surface area contributed by atoms with Gasteiger partial charge in [0.05, 0.1) is 0 Å². The minimum Gasteiger partial charge on any atom is -0.489 e. The normalized spacial score (nSPS) is 12.2. The third-order valence-corrected chi connectivity index (χ3v) is 3.45. The molecule has 3 heteroatoms. The monoisotopic (exact) mass is 275 g/mol. The molecule has 0 aliphatic rings. The van der Waals surface area contributed by atoms with E-state index in [9.17, 15) is 0 Å². The highest BCUT2D eigenvalue weighted by Gasteiger charge is 2.05. The first kappa shape index (κ1) is 13.9. The molecule has 2 nitrogen and oxygen atoms in total. The van der Waals surface area contributed by atoms with Crippen molar-refractivity contribution >= 4 is 11.6 Å². The van der Waals surface area contributed by atoms with E-state index in [1.165, 1.54) is 0 Å². The first-order valence-corrected chi connectivity index (χ1v) is 6.80. The fraction of sp³-hybridized carbons (Fsp3) is 0.250. The maximum Gasteiger partial charge on any atom is 0.120 e. The van der Waals surface area contributed by atoms with E-state index >= 15 is 0 Å². The van der Waals surface area contributed by atoms with Crippen molar-refractivity contribution < 1.29 is 4.74 Å². The predicted molar refractivity (Wildman–Crippen MR) is 79.4 cm³/mol. The lowest BCUT2D eigenvalue weighted by atomic mass is 10.1. The quantitative estimate of drug-likeness (QED) is 0.881. The number of rotatable bonds is 5. The summed E-state index contributed by atoms with van der Waals surface area (Å²) in [5.41, 5.74) is 8.10. The first-order valence-electron chi connectivity index (χ1n) is 6.42. The van der Waals surface area contributed by atoms with Gasteiger partial charge in [-0.3, -0.25) is 0 Å². The third kappa shape index (κ3) is 3.72. The van der Waals surface area contributed by atoms with Crippen LogP contribution in [0.2, 0.25) is 5.02 Å². The van der Waals surface area contributed by atoms with Crippen LogP contribution in [0, 0.1) is 0 Å². The number of nitrogens with two attached hydrogens (primary N) is 1. The van der Waals surface area contributed by atoms with Gasteiger partial charge in [0.25, 0.3) is 0 Å². The molecule has 1 unspecified atom stereocenters. The number of benzene rings is 2. The molecule has 0 heterocycles. The van der Waals surface area contributed by atoms with Crippen molar-refractivity contribution in [2.45, 2.75) is 26.0 Å². The lowest BCUT2D eigenvalue weighted by Gasteiger charge is -2.12. The van der Waals surface area contributed by atoms with Crippen molar-refractivity contribution in [2.75, 3.05) is 0 Å². The van der Waals surface area contributed by atoms with Gasteiger partial charge in [-0.2, -0.15) is 0 Å². The molecular formula is C16H18ClNO. The molecule has 0 bridgehead atoms. The minimum atomic E-state index is 0.0591. The molecule has 2 N–H and O–H groups in total. The van der Waals surface area contributed by atoms with Crippen LogP contribution in [0.25, 0.3) is 0 Å². The SMILES string of the molecule is CCC(N)c1cccc(OCc2ccccc2Cl)c1. The summed E-state index contributed by atoms with van der Waals surface area (Å²) in [6.45, 7) is 2.53. The largest absolute Gasteiger partial charge is 0.489 e. The maximum absolute atomic E-state index is 6.09. The highest BCUT2D eigenvalue weighted by Crippen LogP contribution is 2.22. The van der Waals surface area contributed by atoms with E-state index in [4.69, 9.17) is 22.1 Å². The molecule has 0 fully saturated rings. The van der Waals surface area contributed by atoms with Crippen LogP contribution < -0.4 is 10.5 Å². The number of hydrogen-bond acceptors (Lipinski definition) is 2. The van der Waals surface area contributed by atoms with Crippen molar-refractivity contribution in [3.63, 3.8) is 0 Å². The van der Waals surface area contributed by atoms with Crippen LogP contribution in [0.15, 0.2) is 48.5 Å². The molecule has 0 amide bonds. The summed E-state index contributed by atoms with van der Waals surface area (Å²) >= 11 is 6.09. The second-order valence-corrected chi connectivity index (χ2v) is 4.87. The van der Waals surface area contributed by atoms with E-state index in [-0.39, 0.29) is 6.04 Å². The average molecular weight is 276 g/mol. The summed E-state index contributed by atoms with van der Waals surface area (Å²) in [6, 6.07) is 15.7. The van der Waals surface area contributed by atoms with Crippen LogP contribution in [-0.4, -0.2) is 0 Å². The Morgan fingerprint density at radius 1 is 1.16 bits per heavy atom. The molecule has 0 saturated heterocycles. The smallest absolute Gasteiger partial charge is 0.120 e. The number of ether oxygens (including phenoxy) is 1. The van der Waals surface area contributed by atoms with E-state index in [0.29, 0.717) is 6.61 Å². The fourth-order valence-corrected chi connectivity index (χ4v) is 2.04. The summed E-state index contributed by atoms with van der Waals surface area (Å²) in [6.07, 6.45) is 0.911. The maximum atomic E-state index is 6.09. The lowest BCUT2D eigenvalue weighted by Crippen LogP contribution is -2.08. The van der Waals surface area contributed by atoms with Crippen molar-refractivity contribution in [3.8, 4) is 5.75 Å². The summed E-state index contributed by atoms with van der Waals surface area (Å²) < 4.78 is 5.77. The van der Waals surface area contributed by atoms with Gasteiger partial charge in [0, 0.05) is 16.6 Å². The molecule has 1 atom stereocenters. The van der Waals surface area contributed by atoms with Crippen LogP contribution in [-0.2, 0) is 6.61 Å². The molecule has 19 heavy (non-hydrogen) atoms. The Balaban J connectivity index is 2.06. The lowest BCUT2D eigenvalue weighted by molar-refractivity contribution is 0.306. The molecule has 0 aliphatic carbocycles. The van der Waals surface area contributed by atoms with Gasteiger partial charge in [0.2, 0.25) is 0 Å². The second-order valence-electron chi connectivity index (χ2n) is 4.47. The Labute approximate surface area is 119 Å². The van der Waals surface area contributed by atoms with Gasteiger partial charge >= 0.3 is 0 Å². The fourth-order valence-electron chi connectivity index (χ4n) is 1.85. The molecule has 0 saturated carbocycles. The van der Waals surface area contributed by atoms with E-state index < -0.39 is 0 Å². The Morgan fingerprint density at radius 3 is 2.68 bits per heavy atom. The summed E-state index contributed by atoms with van der Waals surface area (Å²) in [7, 11) is 0. The van der Waals surface area contributed by atoms with Crippen LogP contribution in [0.5, 0.6) is 5.75 Å². The molecule has 0 radical (unpaired) electrons. The second kappa shape index (κ2) is 6.60. The number of halogens is 1. The minimum absolute atomic E-state index is 0.0591. The Hall–Kier alpha value is -1.51. The molecule has 0 aliphatic heterocycles. The highest BCUT2D eigenvalue weighted by molar-refractivity contribution is 6.31. The van der Waals surface area contributed by atoms with Crippen molar-refractivity contribution in [3.05, 3.63) is 64.7 Å². The summed E-state index contributed by atoms with van der Waals surface area (Å²) in [4.78, 5) is 0. The van der Waals surface area contributed by atoms with Gasteiger partial charge in [-0.15, -0.1) is 0 Å². The van der Waals surface area contributed by atoms with Gasteiger partial charge in [0.1, 0.15) is 12.4 Å². The van der Waals surface area contributed by atoms with E-state index in [0.717, 1.165) is 28.3 Å². The van der Waals surface area contributed by atoms with Gasteiger partial charge in [-0.05, 0) is 30.2 Å². The summed E-state index contributed by atoms with van der Waals surface area (Å²) in [5.74, 6) is 0.821. The molecule has 0 spiro atoms. The van der Waals surface area contributed by atoms with E-state index in [2.05, 4.69) is 6.92 Å². The zero-order valence-corrected chi connectivity index (χ0v) is 11.7. The van der Waals surface area contributed by atoms with Gasteiger partial charge in [0.15, 0.2) is 0 Å². The Bertz CT molecular complexity index is 542. The Kier molecular flexibility index (Phi) is 4.83. The zero-order valence-electron chi connectivity index (χ0n) is 11.0. The van der Waals surface area contributed by atoms with Gasteiger partial charge < -0.3 is 10.5 Å². The van der Waals surface area contributed by atoms with E-state index in [1.54, 1.807) is 0 Å². The molecule has 100 valence electrons. The zero-order chi connectivity index (χ0) is 13.7. The highest BCUT2D eigenvalue weighted by atomic mass is 35.5. The van der Waals surface area contributed by atoms with Crippen molar-refractivity contribution in [1.82, 2.24) is 0 Å². The van der Waals surface area contributed by atoms with Gasteiger partial charge in [-0.1, -0.05) is 48.9 Å². The molecule has 2 rings (SSSR count). The van der Waals surface area contributed by atoms with Crippen LogP contribution >= 0.6 is 11.6 Å². The van der Waals surface area contributed by atoms with Gasteiger partial charge in [-0.25, -0.2) is 0 Å². The predicted octanol–water partition coefficient (Wildman–Crippen LogP) is 4.33. The summed E-state index contributed by atoms with van der Waals surface area (Å²) in [5, 5.41) is 0.726. The third-order valence-electron chi connectivity index (χ3n) is 3.08. The van der Waals surface area contributed by atoms with Crippen molar-refractivity contribution in [2.24, 2.45) is 5.73 Å². The molecule has 2 aromatic rings. The van der Waals surface area contributed by atoms with Crippen LogP contribution in [0.4, 0.5) is 0 Å². The van der Waals surface area contributed by atoms with E-state index in [1.807, 2.05) is 48.5 Å². The number of hydrogen-bond donors (Lipinski definition) is 1. The Morgan fingerprint density at radius 2 is 1.95 bits per heavy atom. The van der Waals surface area contributed by atoms with Crippen LogP contribution in [0.1, 0.15) is 30.5 Å². The molecule has 2 aromatic carbocycles. The standard InChI is InChI=1S/C16H18ClNO/c1-2-16(18)12-7-5-8-14(10-12)19-11-13-6-3-4-9-15(13)17/h3-10,16H,2,11,18H2,1H3. The first-order chi connectivity index (χ1) is 9.20. The average Bonchev–Trinajstić information content (AvgIpc) is 2.46. The van der Waals surface area contributed by atoms with Crippen LogP contribution in [0.3, 0.4) is 0 Å². The molecule has 0 aromatic heterocycles.